The molecule has 1 rings (SSSR count). The predicted octanol–water partition coefficient (Wildman–Crippen LogP) is 4.26. The Kier molecular flexibility index (Phi) is 4.35. The number of halogens is 4. The molecule has 0 aliphatic heterocycles. The molecule has 5 heteroatoms. The van der Waals surface area contributed by atoms with Crippen molar-refractivity contribution in [2.24, 2.45) is 0 Å². The summed E-state index contributed by atoms with van der Waals surface area (Å²) in [7, 11) is 0. The first kappa shape index (κ1) is 13.0. The van der Waals surface area contributed by atoms with Crippen LogP contribution in [0.3, 0.4) is 0 Å². The third-order valence-electron chi connectivity index (χ3n) is 2.01. The van der Waals surface area contributed by atoms with Crippen LogP contribution in [-0.4, -0.2) is 12.0 Å². The van der Waals surface area contributed by atoms with Crippen LogP contribution >= 0.6 is 11.6 Å². The van der Waals surface area contributed by atoms with Crippen molar-refractivity contribution in [1.82, 2.24) is 0 Å². The Labute approximate surface area is 96.2 Å². The van der Waals surface area contributed by atoms with Crippen LogP contribution in [0.4, 0.5) is 13.2 Å². The van der Waals surface area contributed by atoms with E-state index in [9.17, 15) is 18.0 Å². The molecule has 0 amide bonds. The van der Waals surface area contributed by atoms with Crippen LogP contribution in [0.25, 0.3) is 0 Å². The minimum Gasteiger partial charge on any atom is -0.294 e. The number of Topliss-reactive ketones (excluding diaryl/α,β-unsaturated/α-hetero) is 1. The average molecular weight is 251 g/mol. The molecule has 88 valence electrons. The molecule has 1 aromatic rings. The molecule has 0 radical (unpaired) electrons. The lowest BCUT2D eigenvalue weighted by Crippen LogP contribution is -2.08. The van der Waals surface area contributed by atoms with Crippen LogP contribution in [-0.2, 0) is 0 Å². The van der Waals surface area contributed by atoms with Gasteiger partial charge in [-0.3, -0.25) is 4.79 Å². The molecule has 0 saturated heterocycles. The third-order valence-corrected chi connectivity index (χ3v) is 2.25. The first-order valence-electron chi connectivity index (χ1n) is 4.74. The zero-order chi connectivity index (χ0) is 12.2. The van der Waals surface area contributed by atoms with Gasteiger partial charge in [0.15, 0.2) is 5.78 Å². The topological polar surface area (TPSA) is 17.1 Å². The fourth-order valence-electron chi connectivity index (χ4n) is 1.26. The van der Waals surface area contributed by atoms with Gasteiger partial charge in [-0.15, -0.1) is 0 Å². The predicted molar refractivity (Wildman–Crippen MR) is 55.7 cm³/mol. The van der Waals surface area contributed by atoms with Crippen LogP contribution in [0.5, 0.6) is 0 Å². The second-order valence-corrected chi connectivity index (χ2v) is 3.84. The molecule has 0 heterocycles. The average Bonchev–Trinajstić information content (AvgIpc) is 2.15. The van der Waals surface area contributed by atoms with Crippen LogP contribution in [0, 0.1) is 0 Å². The van der Waals surface area contributed by atoms with E-state index in [1.54, 1.807) is 18.2 Å². The van der Waals surface area contributed by atoms with Gasteiger partial charge in [0.25, 0.3) is 0 Å². The minimum atomic E-state index is -4.20. The number of hydrogen-bond donors (Lipinski definition) is 0. The molecule has 0 fully saturated rings. The molecule has 0 unspecified atom stereocenters. The van der Waals surface area contributed by atoms with Gasteiger partial charge >= 0.3 is 6.18 Å². The molecule has 1 nitrogen and oxygen atoms in total. The minimum absolute atomic E-state index is 0.111. The summed E-state index contributed by atoms with van der Waals surface area (Å²) in [6, 6.07) is 6.20. The fraction of sp³-hybridized carbons (Fsp3) is 0.364. The standard InChI is InChI=1S/C11H10ClF3O/c12-9-4-1-3-8(7-9)10(16)5-2-6-11(13,14)15/h1,3-4,7H,2,5-6H2. The number of alkyl halides is 3. The highest BCUT2D eigenvalue weighted by atomic mass is 35.5. The maximum absolute atomic E-state index is 11.8. The van der Waals surface area contributed by atoms with Gasteiger partial charge in [0.1, 0.15) is 0 Å². The molecule has 0 aliphatic carbocycles. The van der Waals surface area contributed by atoms with Crippen molar-refractivity contribution in [1.29, 1.82) is 0 Å². The van der Waals surface area contributed by atoms with Crippen molar-refractivity contribution in [3.05, 3.63) is 34.9 Å². The van der Waals surface area contributed by atoms with E-state index in [4.69, 9.17) is 11.6 Å². The highest BCUT2D eigenvalue weighted by Gasteiger charge is 2.26. The van der Waals surface area contributed by atoms with Crippen molar-refractivity contribution >= 4 is 17.4 Å². The molecule has 0 aromatic heterocycles. The molecule has 0 N–H and O–H groups in total. The lowest BCUT2D eigenvalue weighted by molar-refractivity contribution is -0.135. The van der Waals surface area contributed by atoms with Crippen LogP contribution in [0.1, 0.15) is 29.6 Å². The summed E-state index contributed by atoms with van der Waals surface area (Å²) < 4.78 is 35.5. The van der Waals surface area contributed by atoms with Crippen molar-refractivity contribution in [3.63, 3.8) is 0 Å². The van der Waals surface area contributed by atoms with Crippen LogP contribution in [0.2, 0.25) is 5.02 Å². The number of rotatable bonds is 4. The van der Waals surface area contributed by atoms with Crippen molar-refractivity contribution in [2.75, 3.05) is 0 Å². The maximum atomic E-state index is 11.8. The van der Waals surface area contributed by atoms with Gasteiger partial charge in [0.2, 0.25) is 0 Å². The molecule has 0 bridgehead atoms. The largest absolute Gasteiger partial charge is 0.389 e. The van der Waals surface area contributed by atoms with E-state index >= 15 is 0 Å². The molecule has 0 aliphatic rings. The van der Waals surface area contributed by atoms with E-state index in [1.165, 1.54) is 6.07 Å². The Morgan fingerprint density at radius 2 is 2.00 bits per heavy atom. The Morgan fingerprint density at radius 3 is 2.56 bits per heavy atom. The molecular formula is C11H10ClF3O. The van der Waals surface area contributed by atoms with Gasteiger partial charge in [-0.25, -0.2) is 0 Å². The summed E-state index contributed by atoms with van der Waals surface area (Å²) in [4.78, 5) is 11.5. The number of hydrogen-bond acceptors (Lipinski definition) is 1. The maximum Gasteiger partial charge on any atom is 0.389 e. The lowest BCUT2D eigenvalue weighted by atomic mass is 10.1. The number of carbonyl (C=O) groups excluding carboxylic acids is 1. The van der Waals surface area contributed by atoms with E-state index in [1.807, 2.05) is 0 Å². The molecule has 16 heavy (non-hydrogen) atoms. The smallest absolute Gasteiger partial charge is 0.294 e. The summed E-state index contributed by atoms with van der Waals surface area (Å²) in [6.45, 7) is 0. The van der Waals surface area contributed by atoms with Crippen molar-refractivity contribution in [2.45, 2.75) is 25.4 Å². The zero-order valence-electron chi connectivity index (χ0n) is 8.35. The molecular weight excluding hydrogens is 241 g/mol. The van der Waals surface area contributed by atoms with Gasteiger partial charge in [-0.05, 0) is 18.6 Å². The molecule has 1 aromatic carbocycles. The summed E-state index contributed by atoms with van der Waals surface area (Å²) >= 11 is 5.66. The fourth-order valence-corrected chi connectivity index (χ4v) is 1.45. The van der Waals surface area contributed by atoms with E-state index < -0.39 is 12.6 Å². The van der Waals surface area contributed by atoms with E-state index in [2.05, 4.69) is 0 Å². The van der Waals surface area contributed by atoms with Crippen LogP contribution < -0.4 is 0 Å². The first-order valence-corrected chi connectivity index (χ1v) is 5.12. The number of carbonyl (C=O) groups is 1. The van der Waals surface area contributed by atoms with E-state index in [0.717, 1.165) is 0 Å². The third kappa shape index (κ3) is 4.66. The summed E-state index contributed by atoms with van der Waals surface area (Å²) in [5.41, 5.74) is 0.356. The highest BCUT2D eigenvalue weighted by molar-refractivity contribution is 6.31. The van der Waals surface area contributed by atoms with Crippen LogP contribution in [0.15, 0.2) is 24.3 Å². The highest BCUT2D eigenvalue weighted by Crippen LogP contribution is 2.23. The molecule has 0 atom stereocenters. The Balaban J connectivity index is 2.47. The first-order chi connectivity index (χ1) is 7.38. The van der Waals surface area contributed by atoms with E-state index in [-0.39, 0.29) is 18.6 Å². The quantitative estimate of drug-likeness (QED) is 0.730. The summed E-state index contributed by atoms with van der Waals surface area (Å²) in [6.07, 6.45) is -5.43. The second kappa shape index (κ2) is 5.34. The Bertz CT molecular complexity index is 374. The zero-order valence-corrected chi connectivity index (χ0v) is 9.11. The summed E-state index contributed by atoms with van der Waals surface area (Å²) in [5, 5.41) is 0.404. The van der Waals surface area contributed by atoms with Gasteiger partial charge in [0.05, 0.1) is 0 Å². The van der Waals surface area contributed by atoms with Crippen molar-refractivity contribution < 1.29 is 18.0 Å². The number of ketones is 1. The SMILES string of the molecule is O=C(CCCC(F)(F)F)c1cccc(Cl)c1. The summed E-state index contributed by atoms with van der Waals surface area (Å²) in [5.74, 6) is -0.313. The van der Waals surface area contributed by atoms with Crippen molar-refractivity contribution in [3.8, 4) is 0 Å². The number of benzene rings is 1. The van der Waals surface area contributed by atoms with Gasteiger partial charge in [-0.1, -0.05) is 23.7 Å². The van der Waals surface area contributed by atoms with Gasteiger partial charge in [0, 0.05) is 23.4 Å². The lowest BCUT2D eigenvalue weighted by Gasteiger charge is -2.05. The van der Waals surface area contributed by atoms with Gasteiger partial charge < -0.3 is 0 Å². The van der Waals surface area contributed by atoms with Gasteiger partial charge in [-0.2, -0.15) is 13.2 Å². The molecule has 0 saturated carbocycles. The monoisotopic (exact) mass is 250 g/mol. The molecule has 0 spiro atoms. The Morgan fingerprint density at radius 1 is 1.31 bits per heavy atom. The normalized spacial score (nSPS) is 11.5. The van der Waals surface area contributed by atoms with E-state index in [0.29, 0.717) is 10.6 Å². The Hall–Kier alpha value is -1.03. The second-order valence-electron chi connectivity index (χ2n) is 3.40.